The summed E-state index contributed by atoms with van der Waals surface area (Å²) < 4.78 is 0.917. The van der Waals surface area contributed by atoms with Gasteiger partial charge in [0.2, 0.25) is 0 Å². The average Bonchev–Trinajstić information content (AvgIpc) is 1.90. The molecule has 0 saturated heterocycles. The van der Waals surface area contributed by atoms with Crippen LogP contribution in [0.2, 0.25) is 0 Å². The molecule has 0 aromatic carbocycles. The molecule has 1 aromatic rings. The Labute approximate surface area is 63.2 Å². The van der Waals surface area contributed by atoms with E-state index >= 15 is 0 Å². The topological polar surface area (TPSA) is 16.1 Å². The molecule has 0 N–H and O–H groups in total. The van der Waals surface area contributed by atoms with Crippen LogP contribution in [0.3, 0.4) is 0 Å². The third-order valence-corrected chi connectivity index (χ3v) is 1.17. The molecule has 4 heteroatoms. The Morgan fingerprint density at radius 1 is 1.33 bits per heavy atom. The summed E-state index contributed by atoms with van der Waals surface area (Å²) in [6, 6.07) is 5.31. The maximum absolute atomic E-state index is 5.34. The third-order valence-electron chi connectivity index (χ3n) is 0.822. The Morgan fingerprint density at radius 2 is 2.11 bits per heavy atom. The molecule has 0 aliphatic heterocycles. The lowest BCUT2D eigenvalue weighted by molar-refractivity contribution is 1.30. The molecule has 48 valence electrons. The Morgan fingerprint density at radius 3 is 2.44 bits per heavy atom. The second kappa shape index (κ2) is 2.90. The van der Waals surface area contributed by atoms with E-state index in [9.17, 15) is 0 Å². The van der Waals surface area contributed by atoms with E-state index in [-0.39, 0.29) is 0 Å². The number of pyridine rings is 1. The van der Waals surface area contributed by atoms with Crippen molar-refractivity contribution in [2.24, 2.45) is 0 Å². The molecule has 0 saturated carbocycles. The van der Waals surface area contributed by atoms with Crippen molar-refractivity contribution < 1.29 is 0 Å². The van der Waals surface area contributed by atoms with Crippen LogP contribution in [0.1, 0.15) is 0 Å². The minimum Gasteiger partial charge on any atom is -0.237 e. The summed E-state index contributed by atoms with van der Waals surface area (Å²) in [6.45, 7) is 0. The molecule has 0 amide bonds. The number of anilines is 1. The predicted molar refractivity (Wildman–Crippen MR) is 38.4 cm³/mol. The van der Waals surface area contributed by atoms with Crippen LogP contribution in [-0.2, 0) is 0 Å². The van der Waals surface area contributed by atoms with Crippen LogP contribution in [0.25, 0.3) is 0 Å². The van der Waals surface area contributed by atoms with E-state index in [0.29, 0.717) is 5.82 Å². The second-order valence-electron chi connectivity index (χ2n) is 1.42. The lowest BCUT2D eigenvalue weighted by Crippen LogP contribution is -1.93. The van der Waals surface area contributed by atoms with E-state index in [1.165, 1.54) is 0 Å². The van der Waals surface area contributed by atoms with Crippen LogP contribution in [0.5, 0.6) is 0 Å². The molecular weight excluding hydrogens is 159 g/mol. The highest BCUT2D eigenvalue weighted by Crippen LogP contribution is 2.13. The van der Waals surface area contributed by atoms with Crippen molar-refractivity contribution in [1.29, 1.82) is 0 Å². The molecule has 0 fully saturated rings. The predicted octanol–water partition coefficient (Wildman–Crippen LogP) is 2.20. The number of nitrogens with zero attached hydrogens (tertiary/aromatic N) is 2. The molecule has 0 bridgehead atoms. The van der Waals surface area contributed by atoms with Gasteiger partial charge in [-0.25, -0.2) is 4.98 Å². The summed E-state index contributed by atoms with van der Waals surface area (Å²) >= 11 is 10.7. The van der Waals surface area contributed by atoms with Gasteiger partial charge in [0, 0.05) is 29.8 Å². The van der Waals surface area contributed by atoms with Crippen molar-refractivity contribution in [1.82, 2.24) is 4.98 Å². The van der Waals surface area contributed by atoms with Crippen molar-refractivity contribution in [2.45, 2.75) is 0 Å². The van der Waals surface area contributed by atoms with Crippen molar-refractivity contribution in [3.05, 3.63) is 24.4 Å². The van der Waals surface area contributed by atoms with Gasteiger partial charge in [-0.2, -0.15) is 3.94 Å². The molecule has 0 atom stereocenters. The van der Waals surface area contributed by atoms with Crippen molar-refractivity contribution >= 4 is 29.4 Å². The van der Waals surface area contributed by atoms with Crippen molar-refractivity contribution in [3.63, 3.8) is 0 Å². The number of rotatable bonds is 1. The van der Waals surface area contributed by atoms with Gasteiger partial charge >= 0.3 is 0 Å². The van der Waals surface area contributed by atoms with E-state index < -0.39 is 0 Å². The van der Waals surface area contributed by atoms with Gasteiger partial charge in [0.15, 0.2) is 5.82 Å². The summed E-state index contributed by atoms with van der Waals surface area (Å²) in [5.41, 5.74) is 0. The zero-order valence-corrected chi connectivity index (χ0v) is 5.97. The lowest BCUT2D eigenvalue weighted by Gasteiger charge is -2.00. The van der Waals surface area contributed by atoms with Crippen LogP contribution in [0, 0.1) is 0 Å². The number of hydrogen-bond donors (Lipinski definition) is 0. The van der Waals surface area contributed by atoms with Gasteiger partial charge in [-0.3, -0.25) is 0 Å². The molecule has 1 aromatic heterocycles. The zero-order valence-electron chi connectivity index (χ0n) is 4.46. The van der Waals surface area contributed by atoms with Crippen molar-refractivity contribution in [3.8, 4) is 0 Å². The highest BCUT2D eigenvalue weighted by Gasteiger charge is 1.95. The van der Waals surface area contributed by atoms with Crippen molar-refractivity contribution in [2.75, 3.05) is 3.94 Å². The fraction of sp³-hybridized carbons (Fsp3) is 0. The Bertz CT molecular complexity index is 176. The Kier molecular flexibility index (Phi) is 2.14. The number of hydrogen-bond acceptors (Lipinski definition) is 2. The van der Waals surface area contributed by atoms with Crippen LogP contribution in [0.4, 0.5) is 5.82 Å². The molecule has 0 unspecified atom stereocenters. The molecule has 0 spiro atoms. The normalized spacial score (nSPS) is 9.11. The SMILES string of the molecule is ClN(Cl)c1ccccn1. The maximum atomic E-state index is 5.34. The zero-order chi connectivity index (χ0) is 6.69. The summed E-state index contributed by atoms with van der Waals surface area (Å²) in [7, 11) is 0. The van der Waals surface area contributed by atoms with Gasteiger partial charge in [0.05, 0.1) is 0 Å². The van der Waals surface area contributed by atoms with E-state index in [4.69, 9.17) is 23.6 Å². The minimum absolute atomic E-state index is 0.529. The van der Waals surface area contributed by atoms with E-state index in [1.54, 1.807) is 24.4 Å². The van der Waals surface area contributed by atoms with Gasteiger partial charge in [-0.05, 0) is 12.1 Å². The smallest absolute Gasteiger partial charge is 0.159 e. The second-order valence-corrected chi connectivity index (χ2v) is 2.27. The summed E-state index contributed by atoms with van der Waals surface area (Å²) in [5, 5.41) is 0. The minimum atomic E-state index is 0.529. The number of halogens is 2. The van der Waals surface area contributed by atoms with E-state index in [2.05, 4.69) is 4.98 Å². The number of aromatic nitrogens is 1. The molecule has 1 heterocycles. The standard InChI is InChI=1S/C5H4Cl2N2/c6-9(7)5-3-1-2-4-8-5/h1-4H. The van der Waals surface area contributed by atoms with Gasteiger partial charge in [-0.15, -0.1) is 0 Å². The molecule has 2 nitrogen and oxygen atoms in total. The largest absolute Gasteiger partial charge is 0.237 e. The summed E-state index contributed by atoms with van der Waals surface area (Å²) in [5.74, 6) is 0.529. The first-order valence-electron chi connectivity index (χ1n) is 2.33. The van der Waals surface area contributed by atoms with Crippen LogP contribution in [-0.4, -0.2) is 4.98 Å². The third kappa shape index (κ3) is 1.73. The first-order chi connectivity index (χ1) is 4.30. The summed E-state index contributed by atoms with van der Waals surface area (Å²) in [4.78, 5) is 3.84. The van der Waals surface area contributed by atoms with E-state index in [1.807, 2.05) is 0 Å². The van der Waals surface area contributed by atoms with Gasteiger partial charge in [-0.1, -0.05) is 6.07 Å². The van der Waals surface area contributed by atoms with Crippen LogP contribution < -0.4 is 3.94 Å². The summed E-state index contributed by atoms with van der Waals surface area (Å²) in [6.07, 6.45) is 1.62. The first-order valence-corrected chi connectivity index (χ1v) is 3.01. The van der Waals surface area contributed by atoms with Crippen LogP contribution >= 0.6 is 23.6 Å². The molecular formula is C5H4Cl2N2. The van der Waals surface area contributed by atoms with Gasteiger partial charge in [0.1, 0.15) is 0 Å². The van der Waals surface area contributed by atoms with E-state index in [0.717, 1.165) is 3.94 Å². The van der Waals surface area contributed by atoms with Gasteiger partial charge < -0.3 is 0 Å². The molecule has 0 aliphatic carbocycles. The molecule has 0 radical (unpaired) electrons. The highest BCUT2D eigenvalue weighted by atomic mass is 35.5. The molecule has 0 aliphatic rings. The molecule has 9 heavy (non-hydrogen) atoms. The fourth-order valence-corrected chi connectivity index (χ4v) is 0.654. The average molecular weight is 163 g/mol. The molecule has 1 rings (SSSR count). The highest BCUT2D eigenvalue weighted by molar-refractivity contribution is 6.49. The quantitative estimate of drug-likeness (QED) is 0.590. The monoisotopic (exact) mass is 162 g/mol. The Balaban J connectivity index is 2.85. The maximum Gasteiger partial charge on any atom is 0.159 e. The van der Waals surface area contributed by atoms with Crippen LogP contribution in [0.15, 0.2) is 24.4 Å². The lowest BCUT2D eigenvalue weighted by atomic mass is 10.5. The first kappa shape index (κ1) is 6.65. The fourth-order valence-electron chi connectivity index (χ4n) is 0.454. The Hall–Kier alpha value is -0.470. The van der Waals surface area contributed by atoms with Gasteiger partial charge in [0.25, 0.3) is 0 Å².